The monoisotopic (exact) mass is 347 g/mol. The molecule has 1 amide bonds. The van der Waals surface area contributed by atoms with E-state index in [0.717, 1.165) is 0 Å². The van der Waals surface area contributed by atoms with Crippen molar-refractivity contribution in [1.29, 1.82) is 0 Å². The van der Waals surface area contributed by atoms with Crippen molar-refractivity contribution in [3.05, 3.63) is 28.2 Å². The van der Waals surface area contributed by atoms with Crippen LogP contribution in [-0.2, 0) is 9.53 Å². The van der Waals surface area contributed by atoms with Gasteiger partial charge in [0.05, 0.1) is 12.2 Å². The third-order valence-electron chi connectivity index (χ3n) is 2.82. The zero-order valence-electron chi connectivity index (χ0n) is 10.6. The van der Waals surface area contributed by atoms with Crippen LogP contribution in [-0.4, -0.2) is 24.4 Å². The SMILES string of the molecule is CCOC(=O)c1cc(Br)cc(NC(=O)[C@H]2CC2(F)F)c1. The molecule has 0 aliphatic heterocycles. The maximum absolute atomic E-state index is 12.8. The van der Waals surface area contributed by atoms with E-state index < -0.39 is 30.1 Å². The first-order chi connectivity index (χ1) is 9.33. The molecule has 1 N–H and O–H groups in total. The zero-order chi connectivity index (χ0) is 14.9. The molecule has 1 aliphatic carbocycles. The van der Waals surface area contributed by atoms with E-state index in [1.165, 1.54) is 18.2 Å². The van der Waals surface area contributed by atoms with Crippen molar-refractivity contribution in [2.24, 2.45) is 5.92 Å². The van der Waals surface area contributed by atoms with Crippen LogP contribution in [0, 0.1) is 5.92 Å². The van der Waals surface area contributed by atoms with Gasteiger partial charge in [-0.25, -0.2) is 13.6 Å². The number of hydrogen-bond acceptors (Lipinski definition) is 3. The van der Waals surface area contributed by atoms with Gasteiger partial charge in [0.1, 0.15) is 5.92 Å². The minimum absolute atomic E-state index is 0.224. The fourth-order valence-corrected chi connectivity index (χ4v) is 2.21. The van der Waals surface area contributed by atoms with Crippen molar-refractivity contribution in [3.8, 4) is 0 Å². The molecule has 4 nitrogen and oxygen atoms in total. The second-order valence-corrected chi connectivity index (χ2v) is 5.37. The van der Waals surface area contributed by atoms with E-state index >= 15 is 0 Å². The van der Waals surface area contributed by atoms with Crippen LogP contribution in [0.4, 0.5) is 14.5 Å². The molecule has 7 heteroatoms. The molecule has 0 heterocycles. The lowest BCUT2D eigenvalue weighted by molar-refractivity contribution is -0.119. The molecule has 0 radical (unpaired) electrons. The number of nitrogens with one attached hydrogen (secondary N) is 1. The largest absolute Gasteiger partial charge is 0.462 e. The van der Waals surface area contributed by atoms with Crippen LogP contribution in [0.1, 0.15) is 23.7 Å². The highest BCUT2D eigenvalue weighted by molar-refractivity contribution is 9.10. The summed E-state index contributed by atoms with van der Waals surface area (Å²) >= 11 is 3.19. The molecule has 0 aromatic heterocycles. The summed E-state index contributed by atoms with van der Waals surface area (Å²) in [5.74, 6) is -5.49. The van der Waals surface area contributed by atoms with Crippen LogP contribution < -0.4 is 5.32 Å². The van der Waals surface area contributed by atoms with Crippen LogP contribution in [0.2, 0.25) is 0 Å². The maximum Gasteiger partial charge on any atom is 0.338 e. The van der Waals surface area contributed by atoms with E-state index in [1.807, 2.05) is 0 Å². The molecule has 0 unspecified atom stereocenters. The van der Waals surface area contributed by atoms with E-state index in [0.29, 0.717) is 4.47 Å². The maximum atomic E-state index is 12.8. The van der Waals surface area contributed by atoms with Gasteiger partial charge in [0.15, 0.2) is 0 Å². The number of ether oxygens (including phenoxy) is 1. The van der Waals surface area contributed by atoms with Gasteiger partial charge in [0, 0.05) is 16.6 Å². The van der Waals surface area contributed by atoms with Gasteiger partial charge in [-0.3, -0.25) is 4.79 Å². The van der Waals surface area contributed by atoms with Gasteiger partial charge in [0.2, 0.25) is 5.91 Å². The number of carbonyl (C=O) groups is 2. The molecule has 1 aromatic carbocycles. The van der Waals surface area contributed by atoms with Crippen molar-refractivity contribution < 1.29 is 23.1 Å². The second kappa shape index (κ2) is 5.47. The Morgan fingerprint density at radius 1 is 1.45 bits per heavy atom. The Bertz CT molecular complexity index is 563. The van der Waals surface area contributed by atoms with Crippen LogP contribution >= 0.6 is 15.9 Å². The number of halogens is 3. The summed E-state index contributed by atoms with van der Waals surface area (Å²) in [7, 11) is 0. The van der Waals surface area contributed by atoms with Crippen molar-refractivity contribution in [2.45, 2.75) is 19.3 Å². The number of benzene rings is 1. The van der Waals surface area contributed by atoms with E-state index in [1.54, 1.807) is 6.92 Å². The highest BCUT2D eigenvalue weighted by atomic mass is 79.9. The molecule has 1 aromatic rings. The Morgan fingerprint density at radius 3 is 2.65 bits per heavy atom. The number of alkyl halides is 2. The highest BCUT2D eigenvalue weighted by Crippen LogP contribution is 2.49. The molecule has 108 valence electrons. The minimum Gasteiger partial charge on any atom is -0.462 e. The molecule has 1 fully saturated rings. The second-order valence-electron chi connectivity index (χ2n) is 4.46. The average molecular weight is 348 g/mol. The predicted octanol–water partition coefficient (Wildman–Crippen LogP) is 3.22. The normalized spacial score (nSPS) is 19.3. The molecule has 0 spiro atoms. The molecule has 1 aliphatic rings. The summed E-state index contributed by atoms with van der Waals surface area (Å²) in [6, 6.07) is 4.45. The van der Waals surface area contributed by atoms with E-state index in [9.17, 15) is 18.4 Å². The molecular weight excluding hydrogens is 336 g/mol. The molecule has 1 atom stereocenters. The Hall–Kier alpha value is -1.50. The van der Waals surface area contributed by atoms with Gasteiger partial charge in [-0.2, -0.15) is 0 Å². The standard InChI is InChI=1S/C13H12BrF2NO3/c1-2-20-12(19)7-3-8(14)5-9(4-7)17-11(18)10-6-13(10,15)16/h3-5,10H,2,6H2,1H3,(H,17,18)/t10-/m1/s1. The minimum atomic E-state index is -2.92. The molecule has 0 saturated heterocycles. The lowest BCUT2D eigenvalue weighted by Gasteiger charge is -2.08. The van der Waals surface area contributed by atoms with Gasteiger partial charge in [-0.1, -0.05) is 15.9 Å². The highest BCUT2D eigenvalue weighted by Gasteiger charge is 2.61. The lowest BCUT2D eigenvalue weighted by Crippen LogP contribution is -2.18. The van der Waals surface area contributed by atoms with E-state index in [-0.39, 0.29) is 17.9 Å². The van der Waals surface area contributed by atoms with E-state index in [4.69, 9.17) is 4.74 Å². The molecule has 0 bridgehead atoms. The van der Waals surface area contributed by atoms with Crippen molar-refractivity contribution in [2.75, 3.05) is 11.9 Å². The number of carbonyl (C=O) groups excluding carboxylic acids is 2. The van der Waals surface area contributed by atoms with Gasteiger partial charge < -0.3 is 10.1 Å². The topological polar surface area (TPSA) is 55.4 Å². The Kier molecular flexibility index (Phi) is 4.08. The Balaban J connectivity index is 2.12. The fourth-order valence-electron chi connectivity index (χ4n) is 1.72. The number of hydrogen-bond donors (Lipinski definition) is 1. The summed E-state index contributed by atoms with van der Waals surface area (Å²) in [4.78, 5) is 23.2. The summed E-state index contributed by atoms with van der Waals surface area (Å²) in [6.07, 6.45) is -0.433. The van der Waals surface area contributed by atoms with Crippen LogP contribution in [0.25, 0.3) is 0 Å². The van der Waals surface area contributed by atoms with Crippen molar-refractivity contribution >= 4 is 33.5 Å². The number of anilines is 1. The first-order valence-electron chi connectivity index (χ1n) is 6.00. The number of rotatable bonds is 4. The third-order valence-corrected chi connectivity index (χ3v) is 3.28. The number of esters is 1. The predicted molar refractivity (Wildman–Crippen MR) is 71.8 cm³/mol. The van der Waals surface area contributed by atoms with Crippen molar-refractivity contribution in [1.82, 2.24) is 0 Å². The van der Waals surface area contributed by atoms with Gasteiger partial charge in [-0.15, -0.1) is 0 Å². The quantitative estimate of drug-likeness (QED) is 0.850. The summed E-state index contributed by atoms with van der Waals surface area (Å²) in [6.45, 7) is 1.90. The smallest absolute Gasteiger partial charge is 0.338 e. The first kappa shape index (κ1) is 14.9. The zero-order valence-corrected chi connectivity index (χ0v) is 12.2. The first-order valence-corrected chi connectivity index (χ1v) is 6.79. The van der Waals surface area contributed by atoms with Gasteiger partial charge in [0.25, 0.3) is 5.92 Å². The third kappa shape index (κ3) is 3.33. The molecular formula is C13H12BrF2NO3. The summed E-state index contributed by atoms with van der Waals surface area (Å²) in [5, 5.41) is 2.38. The van der Waals surface area contributed by atoms with Gasteiger partial charge >= 0.3 is 5.97 Å². The fraction of sp³-hybridized carbons (Fsp3) is 0.385. The van der Waals surface area contributed by atoms with Gasteiger partial charge in [-0.05, 0) is 25.1 Å². The van der Waals surface area contributed by atoms with E-state index in [2.05, 4.69) is 21.2 Å². The summed E-state index contributed by atoms with van der Waals surface area (Å²) in [5.41, 5.74) is 0.509. The van der Waals surface area contributed by atoms with Crippen LogP contribution in [0.3, 0.4) is 0 Å². The lowest BCUT2D eigenvalue weighted by atomic mass is 10.2. The Morgan fingerprint density at radius 2 is 2.10 bits per heavy atom. The van der Waals surface area contributed by atoms with Crippen LogP contribution in [0.5, 0.6) is 0 Å². The molecule has 2 rings (SSSR count). The molecule has 1 saturated carbocycles. The number of amides is 1. The Labute approximate surface area is 122 Å². The van der Waals surface area contributed by atoms with Crippen molar-refractivity contribution in [3.63, 3.8) is 0 Å². The van der Waals surface area contributed by atoms with Crippen LogP contribution in [0.15, 0.2) is 22.7 Å². The summed E-state index contributed by atoms with van der Waals surface area (Å²) < 4.78 is 31.0. The average Bonchev–Trinajstić information content (AvgIpc) is 2.98. The molecule has 20 heavy (non-hydrogen) atoms.